The van der Waals surface area contributed by atoms with Gasteiger partial charge >= 0.3 is 5.69 Å². The second kappa shape index (κ2) is 8.95. The molecule has 9 heteroatoms. The number of anilines is 1. The second-order valence-electron chi connectivity index (χ2n) is 7.55. The Balaban J connectivity index is 1.76. The zero-order valence-corrected chi connectivity index (χ0v) is 17.4. The predicted octanol–water partition coefficient (Wildman–Crippen LogP) is 1.89. The third-order valence-electron chi connectivity index (χ3n) is 5.27. The van der Waals surface area contributed by atoms with Crippen LogP contribution in [-0.4, -0.2) is 29.3 Å². The maximum absolute atomic E-state index is 13.2. The molecule has 0 atom stereocenters. The highest BCUT2D eigenvalue weighted by molar-refractivity contribution is 5.70. The molecule has 0 bridgehead atoms. The first-order chi connectivity index (χ1) is 15.1. The number of hydrogen-bond donors (Lipinski definition) is 2. The standard InChI is InChI=1S/C22H25N7O2/c1-2-3-11-29-21(30)19-20(27-18(26-19)13-16-8-10-24-25-14-16)28(22(29)31)12-9-15-4-6-17(23)7-5-15/h4-8,10,14H,2-3,9,11-13,23H2,1H3,(H,26,27). The van der Waals surface area contributed by atoms with Crippen LogP contribution < -0.4 is 17.0 Å². The Morgan fingerprint density at radius 3 is 2.52 bits per heavy atom. The number of aromatic nitrogens is 6. The van der Waals surface area contributed by atoms with Crippen molar-refractivity contribution in [2.45, 2.75) is 45.7 Å². The lowest BCUT2D eigenvalue weighted by Gasteiger charge is -2.11. The Morgan fingerprint density at radius 2 is 1.81 bits per heavy atom. The van der Waals surface area contributed by atoms with E-state index < -0.39 is 0 Å². The maximum atomic E-state index is 13.2. The van der Waals surface area contributed by atoms with Gasteiger partial charge in [0.25, 0.3) is 5.56 Å². The molecule has 0 unspecified atom stereocenters. The molecule has 3 N–H and O–H groups in total. The molecular weight excluding hydrogens is 394 g/mol. The van der Waals surface area contributed by atoms with Crippen LogP contribution in [0.5, 0.6) is 0 Å². The van der Waals surface area contributed by atoms with Crippen molar-refractivity contribution in [2.24, 2.45) is 0 Å². The lowest BCUT2D eigenvalue weighted by Crippen LogP contribution is -2.40. The lowest BCUT2D eigenvalue weighted by atomic mass is 10.1. The molecule has 160 valence electrons. The van der Waals surface area contributed by atoms with E-state index in [9.17, 15) is 9.59 Å². The van der Waals surface area contributed by atoms with Gasteiger partial charge in [-0.25, -0.2) is 9.78 Å². The fourth-order valence-electron chi connectivity index (χ4n) is 3.55. The SMILES string of the molecule is CCCCn1c(=O)c2[nH]c(Cc3ccnnc3)nc2n(CCc2ccc(N)cc2)c1=O. The summed E-state index contributed by atoms with van der Waals surface area (Å²) in [7, 11) is 0. The number of rotatable bonds is 8. The normalized spacial score (nSPS) is 11.3. The first kappa shape index (κ1) is 20.5. The number of hydrogen-bond acceptors (Lipinski definition) is 6. The highest BCUT2D eigenvalue weighted by atomic mass is 16.2. The molecular formula is C22H25N7O2. The van der Waals surface area contributed by atoms with Crippen LogP contribution in [0.2, 0.25) is 0 Å². The molecule has 9 nitrogen and oxygen atoms in total. The first-order valence-electron chi connectivity index (χ1n) is 10.4. The van der Waals surface area contributed by atoms with E-state index in [1.807, 2.05) is 37.3 Å². The van der Waals surface area contributed by atoms with Gasteiger partial charge in [-0.05, 0) is 42.2 Å². The smallest absolute Gasteiger partial charge is 0.332 e. The molecule has 0 spiro atoms. The van der Waals surface area contributed by atoms with Crippen molar-refractivity contribution in [3.63, 3.8) is 0 Å². The molecule has 0 aliphatic carbocycles. The van der Waals surface area contributed by atoms with Crippen LogP contribution in [0.3, 0.4) is 0 Å². The molecule has 1 aromatic carbocycles. The van der Waals surface area contributed by atoms with Gasteiger partial charge in [-0.3, -0.25) is 13.9 Å². The van der Waals surface area contributed by atoms with E-state index in [-0.39, 0.29) is 11.2 Å². The number of benzene rings is 1. The number of nitrogen functional groups attached to an aromatic ring is 1. The summed E-state index contributed by atoms with van der Waals surface area (Å²) < 4.78 is 2.90. The highest BCUT2D eigenvalue weighted by Crippen LogP contribution is 2.12. The number of fused-ring (bicyclic) bond motifs is 1. The highest BCUT2D eigenvalue weighted by Gasteiger charge is 2.17. The van der Waals surface area contributed by atoms with Gasteiger partial charge in [-0.15, -0.1) is 0 Å². The van der Waals surface area contributed by atoms with Crippen molar-refractivity contribution in [1.82, 2.24) is 29.3 Å². The Labute approximate surface area is 178 Å². The third-order valence-corrected chi connectivity index (χ3v) is 5.27. The number of H-pyrrole nitrogens is 1. The van der Waals surface area contributed by atoms with Gasteiger partial charge in [0.2, 0.25) is 0 Å². The first-order valence-corrected chi connectivity index (χ1v) is 10.4. The van der Waals surface area contributed by atoms with Crippen molar-refractivity contribution in [3.05, 3.63) is 80.5 Å². The topological polar surface area (TPSA) is 124 Å². The van der Waals surface area contributed by atoms with Crippen LogP contribution in [0.25, 0.3) is 11.2 Å². The van der Waals surface area contributed by atoms with Crippen LogP contribution in [0.1, 0.15) is 36.7 Å². The summed E-state index contributed by atoms with van der Waals surface area (Å²) in [6, 6.07) is 9.40. The van der Waals surface area contributed by atoms with E-state index in [0.717, 1.165) is 24.0 Å². The largest absolute Gasteiger partial charge is 0.399 e. The maximum Gasteiger partial charge on any atom is 0.332 e. The summed E-state index contributed by atoms with van der Waals surface area (Å²) in [6.45, 7) is 2.82. The van der Waals surface area contributed by atoms with Crippen LogP contribution in [-0.2, 0) is 25.9 Å². The van der Waals surface area contributed by atoms with Crippen molar-refractivity contribution in [1.29, 1.82) is 0 Å². The van der Waals surface area contributed by atoms with Gasteiger partial charge in [-0.1, -0.05) is 25.5 Å². The summed E-state index contributed by atoms with van der Waals surface area (Å²) >= 11 is 0. The van der Waals surface area contributed by atoms with Crippen molar-refractivity contribution < 1.29 is 0 Å². The summed E-state index contributed by atoms with van der Waals surface area (Å²) in [5.41, 5.74) is 8.50. The number of aryl methyl sites for hydroxylation is 2. The van der Waals surface area contributed by atoms with E-state index in [1.54, 1.807) is 17.0 Å². The summed E-state index contributed by atoms with van der Waals surface area (Å²) in [4.78, 5) is 34.0. The zero-order chi connectivity index (χ0) is 21.8. The number of aromatic amines is 1. The van der Waals surface area contributed by atoms with Gasteiger partial charge in [0, 0.05) is 31.4 Å². The van der Waals surface area contributed by atoms with Gasteiger partial charge in [0.15, 0.2) is 5.65 Å². The third kappa shape index (κ3) is 4.40. The lowest BCUT2D eigenvalue weighted by molar-refractivity contribution is 0.542. The summed E-state index contributed by atoms with van der Waals surface area (Å²) in [5, 5.41) is 7.66. The van der Waals surface area contributed by atoms with Crippen molar-refractivity contribution in [2.75, 3.05) is 5.73 Å². The predicted molar refractivity (Wildman–Crippen MR) is 119 cm³/mol. The summed E-state index contributed by atoms with van der Waals surface area (Å²) in [6.07, 6.45) is 5.99. The average Bonchev–Trinajstić information content (AvgIpc) is 3.19. The van der Waals surface area contributed by atoms with Gasteiger partial charge < -0.3 is 10.7 Å². The van der Waals surface area contributed by atoms with E-state index in [4.69, 9.17) is 5.73 Å². The average molecular weight is 419 g/mol. The van der Waals surface area contributed by atoms with Gasteiger partial charge in [0.05, 0.1) is 6.20 Å². The van der Waals surface area contributed by atoms with Crippen LogP contribution in [0.15, 0.2) is 52.3 Å². The molecule has 0 saturated carbocycles. The second-order valence-corrected chi connectivity index (χ2v) is 7.55. The molecule has 0 aliphatic rings. The van der Waals surface area contributed by atoms with E-state index in [2.05, 4.69) is 20.2 Å². The molecule has 0 saturated heterocycles. The van der Waals surface area contributed by atoms with Crippen LogP contribution in [0, 0.1) is 0 Å². The molecule has 0 aliphatic heterocycles. The number of nitrogens with two attached hydrogens (primary N) is 1. The Bertz CT molecular complexity index is 1290. The minimum atomic E-state index is -0.330. The Hall–Kier alpha value is -3.75. The molecule has 0 fully saturated rings. The molecule has 4 aromatic rings. The van der Waals surface area contributed by atoms with E-state index >= 15 is 0 Å². The Kier molecular flexibility index (Phi) is 5.92. The molecule has 3 heterocycles. The summed E-state index contributed by atoms with van der Waals surface area (Å²) in [5.74, 6) is 0.606. The molecule has 3 aromatic heterocycles. The minimum absolute atomic E-state index is 0.329. The molecule has 4 rings (SSSR count). The van der Waals surface area contributed by atoms with Crippen molar-refractivity contribution >= 4 is 16.9 Å². The van der Waals surface area contributed by atoms with Crippen LogP contribution in [0.4, 0.5) is 5.69 Å². The number of imidazole rings is 1. The zero-order valence-electron chi connectivity index (χ0n) is 17.4. The molecule has 0 amide bonds. The fourth-order valence-corrected chi connectivity index (χ4v) is 3.55. The van der Waals surface area contributed by atoms with Gasteiger partial charge in [-0.2, -0.15) is 10.2 Å². The van der Waals surface area contributed by atoms with Gasteiger partial charge in [0.1, 0.15) is 11.3 Å². The number of nitrogens with one attached hydrogen (secondary N) is 1. The number of unbranched alkanes of at least 4 members (excludes halogenated alkanes) is 1. The van der Waals surface area contributed by atoms with Crippen LogP contribution >= 0.6 is 0 Å². The quantitative estimate of drug-likeness (QED) is 0.420. The fraction of sp³-hybridized carbons (Fsp3) is 0.318. The molecule has 0 radical (unpaired) electrons. The molecule has 31 heavy (non-hydrogen) atoms. The van der Waals surface area contributed by atoms with E-state index in [1.165, 1.54) is 4.57 Å². The van der Waals surface area contributed by atoms with E-state index in [0.29, 0.717) is 48.6 Å². The monoisotopic (exact) mass is 419 g/mol. The number of nitrogens with zero attached hydrogens (tertiary/aromatic N) is 5. The Morgan fingerprint density at radius 1 is 1.00 bits per heavy atom. The minimum Gasteiger partial charge on any atom is -0.399 e. The van der Waals surface area contributed by atoms with Crippen molar-refractivity contribution in [3.8, 4) is 0 Å².